The number of pyridine rings is 1. The normalized spacial score (nSPS) is 14.2. The van der Waals surface area contributed by atoms with Gasteiger partial charge in [0.15, 0.2) is 0 Å². The predicted octanol–water partition coefficient (Wildman–Crippen LogP) is -0.274. The summed E-state index contributed by atoms with van der Waals surface area (Å²) in [5.74, 6) is -0.486. The number of H-pyrrole nitrogens is 1. The van der Waals surface area contributed by atoms with E-state index >= 15 is 0 Å². The Kier molecular flexibility index (Phi) is 4.85. The number of aromatic amines is 1. The van der Waals surface area contributed by atoms with Gasteiger partial charge in [-0.25, -0.2) is 0 Å². The summed E-state index contributed by atoms with van der Waals surface area (Å²) >= 11 is 0. The summed E-state index contributed by atoms with van der Waals surface area (Å²) in [6, 6.07) is 3.14. The molecule has 0 radical (unpaired) electrons. The lowest BCUT2D eigenvalue weighted by atomic mass is 10.1. The zero-order chi connectivity index (χ0) is 14.6. The third-order valence-electron chi connectivity index (χ3n) is 2.59. The summed E-state index contributed by atoms with van der Waals surface area (Å²) in [5.41, 5.74) is -0.728. The van der Waals surface area contributed by atoms with Gasteiger partial charge in [-0.15, -0.1) is 0 Å². The fourth-order valence-corrected chi connectivity index (χ4v) is 1.85. The van der Waals surface area contributed by atoms with Gasteiger partial charge < -0.3 is 20.3 Å². The smallest absolute Gasteiger partial charge is 0.260 e. The summed E-state index contributed by atoms with van der Waals surface area (Å²) in [7, 11) is 3.67. The van der Waals surface area contributed by atoms with Crippen LogP contribution in [0.5, 0.6) is 0 Å². The third kappa shape index (κ3) is 4.84. The molecule has 3 N–H and O–H groups in total. The first-order valence-corrected chi connectivity index (χ1v) is 6.06. The molecule has 6 nitrogen and oxygen atoms in total. The van der Waals surface area contributed by atoms with Crippen LogP contribution in [0.25, 0.3) is 0 Å². The van der Waals surface area contributed by atoms with Crippen molar-refractivity contribution in [3.05, 3.63) is 33.7 Å². The topological polar surface area (TPSA) is 85.4 Å². The lowest BCUT2D eigenvalue weighted by molar-refractivity contribution is 0.0325. The van der Waals surface area contributed by atoms with E-state index in [4.69, 9.17) is 0 Å². The fraction of sp³-hybridized carbons (Fsp3) is 0.538. The van der Waals surface area contributed by atoms with E-state index in [1.54, 1.807) is 19.9 Å². The first kappa shape index (κ1) is 15.4. The Labute approximate surface area is 112 Å². The van der Waals surface area contributed by atoms with Crippen molar-refractivity contribution in [1.29, 1.82) is 0 Å². The van der Waals surface area contributed by atoms with E-state index in [2.05, 4.69) is 10.3 Å². The molecule has 0 aliphatic carbocycles. The van der Waals surface area contributed by atoms with Crippen LogP contribution < -0.4 is 10.9 Å². The van der Waals surface area contributed by atoms with Crippen molar-refractivity contribution in [2.75, 3.05) is 27.2 Å². The minimum atomic E-state index is -1.05. The summed E-state index contributed by atoms with van der Waals surface area (Å²) in [6.07, 6.45) is 0. The molecule has 0 fully saturated rings. The number of aromatic nitrogens is 1. The second-order valence-electron chi connectivity index (χ2n) is 5.30. The standard InChI is InChI=1S/C13H21N3O3/c1-9-5-6-10(12(18)15-9)11(17)14-7-13(2,19)8-16(3)4/h5-6,19H,7-8H2,1-4H3,(H,14,17)(H,15,18). The van der Waals surface area contributed by atoms with Gasteiger partial charge in [0.25, 0.3) is 11.5 Å². The predicted molar refractivity (Wildman–Crippen MR) is 73.3 cm³/mol. The molecule has 0 aliphatic rings. The van der Waals surface area contributed by atoms with E-state index in [9.17, 15) is 14.7 Å². The first-order chi connectivity index (χ1) is 8.71. The highest BCUT2D eigenvalue weighted by Crippen LogP contribution is 2.03. The van der Waals surface area contributed by atoms with Crippen molar-refractivity contribution in [1.82, 2.24) is 15.2 Å². The van der Waals surface area contributed by atoms with Crippen molar-refractivity contribution >= 4 is 5.91 Å². The maximum atomic E-state index is 11.9. The van der Waals surface area contributed by atoms with Crippen molar-refractivity contribution in [3.8, 4) is 0 Å². The molecule has 19 heavy (non-hydrogen) atoms. The van der Waals surface area contributed by atoms with Gasteiger partial charge in [0.05, 0.1) is 5.60 Å². The molecule has 1 heterocycles. The second kappa shape index (κ2) is 5.99. The summed E-state index contributed by atoms with van der Waals surface area (Å²) in [4.78, 5) is 27.8. The van der Waals surface area contributed by atoms with E-state index in [0.29, 0.717) is 12.2 Å². The van der Waals surface area contributed by atoms with Crippen LogP contribution in [0.4, 0.5) is 0 Å². The Morgan fingerprint density at radius 2 is 2.11 bits per heavy atom. The molecule has 6 heteroatoms. The zero-order valence-electron chi connectivity index (χ0n) is 11.8. The molecular formula is C13H21N3O3. The van der Waals surface area contributed by atoms with Gasteiger partial charge >= 0.3 is 0 Å². The van der Waals surface area contributed by atoms with Gasteiger partial charge in [-0.1, -0.05) is 0 Å². The first-order valence-electron chi connectivity index (χ1n) is 6.06. The number of rotatable bonds is 5. The Morgan fingerprint density at radius 1 is 1.47 bits per heavy atom. The monoisotopic (exact) mass is 267 g/mol. The highest BCUT2D eigenvalue weighted by molar-refractivity contribution is 5.93. The molecule has 0 bridgehead atoms. The number of carbonyl (C=O) groups excluding carboxylic acids is 1. The van der Waals surface area contributed by atoms with Gasteiger partial charge in [0.2, 0.25) is 0 Å². The van der Waals surface area contributed by atoms with Gasteiger partial charge in [-0.2, -0.15) is 0 Å². The number of likely N-dealkylation sites (N-methyl/N-ethyl adjacent to an activating group) is 1. The molecule has 0 aliphatic heterocycles. The Hall–Kier alpha value is -1.66. The fourth-order valence-electron chi connectivity index (χ4n) is 1.85. The van der Waals surface area contributed by atoms with Crippen LogP contribution in [-0.2, 0) is 0 Å². The SMILES string of the molecule is Cc1ccc(C(=O)NCC(C)(O)CN(C)C)c(=O)[nH]1. The lowest BCUT2D eigenvalue weighted by Gasteiger charge is -2.27. The lowest BCUT2D eigenvalue weighted by Crippen LogP contribution is -2.47. The number of amides is 1. The van der Waals surface area contributed by atoms with E-state index in [-0.39, 0.29) is 12.1 Å². The van der Waals surface area contributed by atoms with Crippen molar-refractivity contribution < 1.29 is 9.90 Å². The molecule has 1 aromatic rings. The third-order valence-corrected chi connectivity index (χ3v) is 2.59. The molecule has 1 atom stereocenters. The average Bonchev–Trinajstić information content (AvgIpc) is 2.24. The molecule has 1 amide bonds. The molecule has 0 saturated heterocycles. The molecular weight excluding hydrogens is 246 g/mol. The summed E-state index contributed by atoms with van der Waals surface area (Å²) in [5, 5.41) is 12.6. The number of hydrogen-bond donors (Lipinski definition) is 3. The minimum absolute atomic E-state index is 0.0475. The second-order valence-corrected chi connectivity index (χ2v) is 5.30. The minimum Gasteiger partial charge on any atom is -0.387 e. The van der Waals surface area contributed by atoms with Gasteiger partial charge in [-0.3, -0.25) is 9.59 Å². The van der Waals surface area contributed by atoms with E-state index < -0.39 is 17.1 Å². The average molecular weight is 267 g/mol. The van der Waals surface area contributed by atoms with Crippen LogP contribution in [0.15, 0.2) is 16.9 Å². The molecule has 1 unspecified atom stereocenters. The quantitative estimate of drug-likeness (QED) is 0.685. The number of nitrogens with zero attached hydrogens (tertiary/aromatic N) is 1. The van der Waals surface area contributed by atoms with Gasteiger partial charge in [0, 0.05) is 18.8 Å². The molecule has 0 saturated carbocycles. The van der Waals surface area contributed by atoms with Gasteiger partial charge in [0.1, 0.15) is 5.56 Å². The van der Waals surface area contributed by atoms with Crippen LogP contribution in [-0.4, -0.2) is 53.7 Å². The van der Waals surface area contributed by atoms with Crippen LogP contribution >= 0.6 is 0 Å². The number of aryl methyl sites for hydroxylation is 1. The number of carbonyl (C=O) groups is 1. The van der Waals surface area contributed by atoms with Gasteiger partial charge in [-0.05, 0) is 40.1 Å². The molecule has 1 rings (SSSR count). The van der Waals surface area contributed by atoms with E-state index in [0.717, 1.165) is 0 Å². The largest absolute Gasteiger partial charge is 0.387 e. The Morgan fingerprint density at radius 3 is 2.63 bits per heavy atom. The summed E-state index contributed by atoms with van der Waals surface area (Å²) < 4.78 is 0. The van der Waals surface area contributed by atoms with Crippen LogP contribution in [0, 0.1) is 6.92 Å². The van der Waals surface area contributed by atoms with E-state index in [1.807, 2.05) is 19.0 Å². The maximum Gasteiger partial charge on any atom is 0.260 e. The molecule has 1 aromatic heterocycles. The number of nitrogens with one attached hydrogen (secondary N) is 2. The zero-order valence-corrected chi connectivity index (χ0v) is 11.8. The Bertz CT molecular complexity index is 506. The van der Waals surface area contributed by atoms with Crippen molar-refractivity contribution in [2.45, 2.75) is 19.4 Å². The molecule has 0 spiro atoms. The molecule has 106 valence electrons. The number of hydrogen-bond acceptors (Lipinski definition) is 4. The highest BCUT2D eigenvalue weighted by Gasteiger charge is 2.22. The highest BCUT2D eigenvalue weighted by atomic mass is 16.3. The Balaban J connectivity index is 2.68. The number of aliphatic hydroxyl groups is 1. The molecule has 0 aromatic carbocycles. The van der Waals surface area contributed by atoms with Crippen molar-refractivity contribution in [2.24, 2.45) is 0 Å². The van der Waals surface area contributed by atoms with Crippen LogP contribution in [0.1, 0.15) is 23.0 Å². The van der Waals surface area contributed by atoms with Crippen molar-refractivity contribution in [3.63, 3.8) is 0 Å². The van der Waals surface area contributed by atoms with E-state index in [1.165, 1.54) is 6.07 Å². The van der Waals surface area contributed by atoms with Crippen LogP contribution in [0.2, 0.25) is 0 Å². The summed E-state index contributed by atoms with van der Waals surface area (Å²) in [6.45, 7) is 3.87. The maximum absolute atomic E-state index is 11.9. The van der Waals surface area contributed by atoms with Crippen LogP contribution in [0.3, 0.4) is 0 Å².